The Morgan fingerprint density at radius 1 is 1.52 bits per heavy atom. The molecule has 1 aliphatic heterocycles. The first-order chi connectivity index (χ1) is 9.56. The van der Waals surface area contributed by atoms with Crippen LogP contribution in [0.3, 0.4) is 0 Å². The van der Waals surface area contributed by atoms with Gasteiger partial charge in [0.25, 0.3) is 0 Å². The van der Waals surface area contributed by atoms with Crippen molar-refractivity contribution in [2.24, 2.45) is 11.8 Å². The summed E-state index contributed by atoms with van der Waals surface area (Å²) in [7, 11) is 0. The number of piperidine rings is 1. The molecule has 1 aromatic carbocycles. The van der Waals surface area contributed by atoms with Gasteiger partial charge >= 0.3 is 0 Å². The number of nitrogens with one attached hydrogen (secondary N) is 2. The van der Waals surface area contributed by atoms with E-state index in [0.29, 0.717) is 18.3 Å². The summed E-state index contributed by atoms with van der Waals surface area (Å²) < 4.78 is 1.19. The molecule has 2 unspecified atom stereocenters. The molecule has 21 heavy (non-hydrogen) atoms. The lowest BCUT2D eigenvalue weighted by molar-refractivity contribution is -0.117. The largest absolute Gasteiger partial charge is 0.326 e. The lowest BCUT2D eigenvalue weighted by atomic mass is 9.85. The number of carbonyl (C=O) groups is 1. The van der Waals surface area contributed by atoms with Crippen molar-refractivity contribution >= 4 is 46.6 Å². The number of rotatable bonds is 4. The zero-order valence-electron chi connectivity index (χ0n) is 12.6. The molecule has 0 aromatic heterocycles. The smallest absolute Gasteiger partial charge is 0.224 e. The van der Waals surface area contributed by atoms with Gasteiger partial charge in [-0.2, -0.15) is 0 Å². The maximum absolute atomic E-state index is 12.2. The molecule has 1 aromatic rings. The van der Waals surface area contributed by atoms with Gasteiger partial charge in [0, 0.05) is 15.7 Å². The van der Waals surface area contributed by atoms with Crippen LogP contribution < -0.4 is 10.6 Å². The summed E-state index contributed by atoms with van der Waals surface area (Å²) in [6, 6.07) is 6.10. The first kappa shape index (κ1) is 18.7. The van der Waals surface area contributed by atoms with Crippen LogP contribution in [-0.4, -0.2) is 19.0 Å². The van der Waals surface area contributed by atoms with Gasteiger partial charge in [-0.05, 0) is 91.0 Å². The van der Waals surface area contributed by atoms with E-state index >= 15 is 0 Å². The fourth-order valence-corrected chi connectivity index (χ4v) is 3.44. The summed E-state index contributed by atoms with van der Waals surface area (Å²) in [6.07, 6.45) is 3.08. The lowest BCUT2D eigenvalue weighted by Gasteiger charge is -2.28. The number of aryl methyl sites for hydroxylation is 1. The van der Waals surface area contributed by atoms with Gasteiger partial charge < -0.3 is 10.6 Å². The zero-order chi connectivity index (χ0) is 14.5. The SMILES string of the molecule is Cc1cc(I)ccc1NC(=O)CC(C)C1CCCNC1.Cl. The van der Waals surface area contributed by atoms with E-state index < -0.39 is 0 Å². The molecule has 1 fully saturated rings. The molecule has 2 atom stereocenters. The Balaban J connectivity index is 0.00000220. The minimum atomic E-state index is 0. The van der Waals surface area contributed by atoms with Crippen molar-refractivity contribution < 1.29 is 4.79 Å². The monoisotopic (exact) mass is 422 g/mol. The molecule has 2 rings (SSSR count). The molecule has 2 N–H and O–H groups in total. The van der Waals surface area contributed by atoms with E-state index in [0.717, 1.165) is 24.3 Å². The number of amides is 1. The summed E-state index contributed by atoms with van der Waals surface area (Å²) in [5.74, 6) is 1.20. The van der Waals surface area contributed by atoms with Gasteiger partial charge in [0.2, 0.25) is 5.91 Å². The van der Waals surface area contributed by atoms with E-state index in [-0.39, 0.29) is 18.3 Å². The van der Waals surface area contributed by atoms with Gasteiger partial charge in [-0.15, -0.1) is 12.4 Å². The summed E-state index contributed by atoms with van der Waals surface area (Å²) in [6.45, 7) is 6.40. The number of hydrogen-bond donors (Lipinski definition) is 2. The van der Waals surface area contributed by atoms with Crippen molar-refractivity contribution in [1.82, 2.24) is 5.32 Å². The minimum absolute atomic E-state index is 0. The molecule has 0 saturated carbocycles. The average Bonchev–Trinajstić information content (AvgIpc) is 2.43. The number of hydrogen-bond acceptors (Lipinski definition) is 2. The number of halogens is 2. The van der Waals surface area contributed by atoms with Crippen molar-refractivity contribution in [1.29, 1.82) is 0 Å². The number of anilines is 1. The van der Waals surface area contributed by atoms with Crippen LogP contribution in [0.1, 0.15) is 31.7 Å². The molecule has 5 heteroatoms. The van der Waals surface area contributed by atoms with Crippen molar-refractivity contribution in [2.45, 2.75) is 33.1 Å². The third-order valence-electron chi connectivity index (χ3n) is 4.11. The quantitative estimate of drug-likeness (QED) is 0.721. The Morgan fingerprint density at radius 2 is 2.29 bits per heavy atom. The van der Waals surface area contributed by atoms with Crippen LogP contribution in [0.15, 0.2) is 18.2 Å². The van der Waals surface area contributed by atoms with Crippen LogP contribution in [0.4, 0.5) is 5.69 Å². The van der Waals surface area contributed by atoms with E-state index in [4.69, 9.17) is 0 Å². The van der Waals surface area contributed by atoms with Crippen LogP contribution in [0.25, 0.3) is 0 Å². The Kier molecular flexibility index (Phi) is 7.98. The van der Waals surface area contributed by atoms with Gasteiger partial charge in [0.1, 0.15) is 0 Å². The van der Waals surface area contributed by atoms with Crippen LogP contribution in [0.2, 0.25) is 0 Å². The van der Waals surface area contributed by atoms with Crippen molar-refractivity contribution in [3.05, 3.63) is 27.3 Å². The van der Waals surface area contributed by atoms with Crippen molar-refractivity contribution in [3.63, 3.8) is 0 Å². The van der Waals surface area contributed by atoms with Crippen LogP contribution in [0.5, 0.6) is 0 Å². The molecule has 3 nitrogen and oxygen atoms in total. The number of benzene rings is 1. The Labute approximate surface area is 147 Å². The van der Waals surface area contributed by atoms with Gasteiger partial charge in [-0.1, -0.05) is 6.92 Å². The summed E-state index contributed by atoms with van der Waals surface area (Å²) >= 11 is 2.29. The Morgan fingerprint density at radius 3 is 2.90 bits per heavy atom. The molecule has 0 aliphatic carbocycles. The highest BCUT2D eigenvalue weighted by molar-refractivity contribution is 14.1. The molecule has 0 spiro atoms. The van der Waals surface area contributed by atoms with Gasteiger partial charge in [-0.25, -0.2) is 0 Å². The predicted octanol–water partition coefficient (Wildman–Crippen LogP) is 3.99. The first-order valence-corrected chi connectivity index (χ1v) is 8.41. The second-order valence-electron chi connectivity index (χ2n) is 5.80. The molecule has 118 valence electrons. The highest BCUT2D eigenvalue weighted by Gasteiger charge is 2.22. The first-order valence-electron chi connectivity index (χ1n) is 7.33. The maximum Gasteiger partial charge on any atom is 0.224 e. The summed E-state index contributed by atoms with van der Waals surface area (Å²) in [5, 5.41) is 6.47. The van der Waals surface area contributed by atoms with E-state index in [1.54, 1.807) is 0 Å². The van der Waals surface area contributed by atoms with Gasteiger partial charge in [0.05, 0.1) is 0 Å². The Hall–Kier alpha value is -0.330. The summed E-state index contributed by atoms with van der Waals surface area (Å²) in [4.78, 5) is 12.2. The standard InChI is InChI=1S/C16H23IN2O.ClH/c1-11(13-4-3-7-18-10-13)9-16(20)19-15-6-5-14(17)8-12(15)2;/h5-6,8,11,13,18H,3-4,7,9-10H2,1-2H3,(H,19,20);1H. The fourth-order valence-electron chi connectivity index (χ4n) is 2.79. The van der Waals surface area contributed by atoms with Crippen molar-refractivity contribution in [2.75, 3.05) is 18.4 Å². The molecule has 0 bridgehead atoms. The number of carbonyl (C=O) groups excluding carboxylic acids is 1. The normalized spacial score (nSPS) is 19.5. The van der Waals surface area contributed by atoms with Gasteiger partial charge in [-0.3, -0.25) is 4.79 Å². The van der Waals surface area contributed by atoms with Crippen LogP contribution >= 0.6 is 35.0 Å². The van der Waals surface area contributed by atoms with Crippen LogP contribution in [0, 0.1) is 22.3 Å². The van der Waals surface area contributed by atoms with E-state index in [1.807, 2.05) is 19.1 Å². The molecular weight excluding hydrogens is 399 g/mol. The highest BCUT2D eigenvalue weighted by Crippen LogP contribution is 2.24. The molecule has 1 aliphatic rings. The third kappa shape index (κ3) is 5.75. The molecular formula is C16H24ClIN2O. The maximum atomic E-state index is 12.2. The van der Waals surface area contributed by atoms with E-state index in [1.165, 1.54) is 16.4 Å². The second kappa shape index (κ2) is 8.96. The molecule has 0 radical (unpaired) electrons. The highest BCUT2D eigenvalue weighted by atomic mass is 127. The lowest BCUT2D eigenvalue weighted by Crippen LogP contribution is -2.34. The molecule has 1 amide bonds. The van der Waals surface area contributed by atoms with Gasteiger partial charge in [0.15, 0.2) is 0 Å². The molecule has 1 saturated heterocycles. The predicted molar refractivity (Wildman–Crippen MR) is 99.1 cm³/mol. The van der Waals surface area contributed by atoms with E-state index in [2.05, 4.69) is 46.2 Å². The topological polar surface area (TPSA) is 41.1 Å². The van der Waals surface area contributed by atoms with Crippen LogP contribution in [-0.2, 0) is 4.79 Å². The molecule has 1 heterocycles. The van der Waals surface area contributed by atoms with E-state index in [9.17, 15) is 4.79 Å². The Bertz CT molecular complexity index is 475. The minimum Gasteiger partial charge on any atom is -0.326 e. The summed E-state index contributed by atoms with van der Waals surface area (Å²) in [5.41, 5.74) is 2.06. The zero-order valence-corrected chi connectivity index (χ0v) is 15.6. The fraction of sp³-hybridized carbons (Fsp3) is 0.562. The van der Waals surface area contributed by atoms with Crippen molar-refractivity contribution in [3.8, 4) is 0 Å². The third-order valence-corrected chi connectivity index (χ3v) is 4.78. The average molecular weight is 423 g/mol. The second-order valence-corrected chi connectivity index (χ2v) is 7.04.